The van der Waals surface area contributed by atoms with E-state index in [1.165, 1.54) is 5.69 Å². The second kappa shape index (κ2) is 6.07. The fourth-order valence-electron chi connectivity index (χ4n) is 2.10. The Morgan fingerprint density at radius 2 is 1.85 bits per heavy atom. The molecule has 0 saturated carbocycles. The normalized spacial score (nSPS) is 15.2. The Kier molecular flexibility index (Phi) is 3.99. The van der Waals surface area contributed by atoms with Gasteiger partial charge in [0.15, 0.2) is 0 Å². The molecule has 2 aromatic rings. The van der Waals surface area contributed by atoms with E-state index in [-0.39, 0.29) is 0 Å². The molecule has 1 fully saturated rings. The third kappa shape index (κ3) is 3.18. The Labute approximate surface area is 122 Å². The third-order valence-electron chi connectivity index (χ3n) is 3.12. The molecular formula is C14H15ClN4O. The number of nitrogens with one attached hydrogen (secondary N) is 1. The molecule has 0 atom stereocenters. The fraction of sp³-hybridized carbons (Fsp3) is 0.286. The average Bonchev–Trinajstić information content (AvgIpc) is 2.49. The van der Waals surface area contributed by atoms with Crippen LogP contribution in [0.25, 0.3) is 0 Å². The lowest BCUT2D eigenvalue weighted by Gasteiger charge is -2.28. The highest BCUT2D eigenvalue weighted by atomic mass is 35.5. The van der Waals surface area contributed by atoms with E-state index >= 15 is 0 Å². The van der Waals surface area contributed by atoms with Gasteiger partial charge in [-0.2, -0.15) is 0 Å². The Bertz CT molecular complexity index is 570. The molecule has 0 spiro atoms. The van der Waals surface area contributed by atoms with Crippen LogP contribution in [0.3, 0.4) is 0 Å². The van der Waals surface area contributed by atoms with E-state index in [0.717, 1.165) is 32.0 Å². The minimum absolute atomic E-state index is 0.424. The maximum Gasteiger partial charge on any atom is 0.228 e. The molecule has 0 unspecified atom stereocenters. The van der Waals surface area contributed by atoms with Gasteiger partial charge in [0.1, 0.15) is 5.15 Å². The highest BCUT2D eigenvalue weighted by molar-refractivity contribution is 6.29. The number of nitrogens with zero attached hydrogens (tertiary/aromatic N) is 3. The largest absolute Gasteiger partial charge is 0.378 e. The van der Waals surface area contributed by atoms with Crippen molar-refractivity contribution in [3.8, 4) is 0 Å². The summed E-state index contributed by atoms with van der Waals surface area (Å²) >= 11 is 5.83. The highest BCUT2D eigenvalue weighted by Gasteiger charge is 2.10. The van der Waals surface area contributed by atoms with Crippen LogP contribution in [0.15, 0.2) is 36.5 Å². The monoisotopic (exact) mass is 290 g/mol. The molecular weight excluding hydrogens is 276 g/mol. The van der Waals surface area contributed by atoms with Gasteiger partial charge in [0.25, 0.3) is 0 Å². The summed E-state index contributed by atoms with van der Waals surface area (Å²) in [4.78, 5) is 10.5. The molecule has 1 aliphatic heterocycles. The Morgan fingerprint density at radius 3 is 2.55 bits per heavy atom. The van der Waals surface area contributed by atoms with Crippen molar-refractivity contribution in [3.05, 3.63) is 41.7 Å². The summed E-state index contributed by atoms with van der Waals surface area (Å²) in [5.41, 5.74) is 2.13. The topological polar surface area (TPSA) is 50.3 Å². The van der Waals surface area contributed by atoms with E-state index in [9.17, 15) is 0 Å². The maximum atomic E-state index is 5.83. The summed E-state index contributed by atoms with van der Waals surface area (Å²) in [6, 6.07) is 9.83. The quantitative estimate of drug-likeness (QED) is 0.881. The first-order valence-corrected chi connectivity index (χ1v) is 6.87. The minimum atomic E-state index is 0.424. The summed E-state index contributed by atoms with van der Waals surface area (Å²) in [6.45, 7) is 3.45. The van der Waals surface area contributed by atoms with E-state index in [2.05, 4.69) is 32.3 Å². The maximum absolute atomic E-state index is 5.83. The lowest BCUT2D eigenvalue weighted by atomic mass is 10.2. The molecule has 2 heterocycles. The van der Waals surface area contributed by atoms with Crippen LogP contribution in [0.2, 0.25) is 5.15 Å². The van der Waals surface area contributed by atoms with Crippen LogP contribution >= 0.6 is 11.6 Å². The van der Waals surface area contributed by atoms with Crippen LogP contribution in [-0.2, 0) is 4.74 Å². The highest BCUT2D eigenvalue weighted by Crippen LogP contribution is 2.20. The molecule has 0 aliphatic carbocycles. The molecule has 5 nitrogen and oxygen atoms in total. The molecule has 104 valence electrons. The predicted molar refractivity (Wildman–Crippen MR) is 79.8 cm³/mol. The van der Waals surface area contributed by atoms with Gasteiger partial charge in [-0.25, -0.2) is 9.97 Å². The van der Waals surface area contributed by atoms with Crippen molar-refractivity contribution in [2.24, 2.45) is 0 Å². The molecule has 1 N–H and O–H groups in total. The zero-order chi connectivity index (χ0) is 13.8. The summed E-state index contributed by atoms with van der Waals surface area (Å²) < 4.78 is 5.35. The zero-order valence-corrected chi connectivity index (χ0v) is 11.7. The molecule has 3 rings (SSSR count). The van der Waals surface area contributed by atoms with Crippen molar-refractivity contribution in [1.29, 1.82) is 0 Å². The van der Waals surface area contributed by atoms with Gasteiger partial charge >= 0.3 is 0 Å². The molecule has 0 amide bonds. The van der Waals surface area contributed by atoms with Gasteiger partial charge in [-0.15, -0.1) is 0 Å². The van der Waals surface area contributed by atoms with Crippen molar-refractivity contribution in [3.63, 3.8) is 0 Å². The van der Waals surface area contributed by atoms with Gasteiger partial charge in [-0.05, 0) is 30.3 Å². The van der Waals surface area contributed by atoms with Crippen molar-refractivity contribution in [2.75, 3.05) is 36.5 Å². The third-order valence-corrected chi connectivity index (χ3v) is 3.33. The van der Waals surface area contributed by atoms with E-state index in [1.807, 2.05) is 12.1 Å². The molecule has 1 saturated heterocycles. The molecule has 1 aliphatic rings. The van der Waals surface area contributed by atoms with Crippen LogP contribution < -0.4 is 10.2 Å². The number of morpholine rings is 1. The molecule has 1 aromatic carbocycles. The first kappa shape index (κ1) is 13.1. The lowest BCUT2D eigenvalue weighted by Crippen LogP contribution is -2.36. The lowest BCUT2D eigenvalue weighted by molar-refractivity contribution is 0.122. The van der Waals surface area contributed by atoms with E-state index in [4.69, 9.17) is 16.3 Å². The zero-order valence-electron chi connectivity index (χ0n) is 10.9. The SMILES string of the molecule is Clc1ccnc(Nc2ccc(N3CCOCC3)cc2)n1. The number of aromatic nitrogens is 2. The molecule has 0 radical (unpaired) electrons. The molecule has 1 aromatic heterocycles. The first-order valence-electron chi connectivity index (χ1n) is 6.49. The van der Waals surface area contributed by atoms with Crippen molar-refractivity contribution in [1.82, 2.24) is 9.97 Å². The molecule has 20 heavy (non-hydrogen) atoms. The van der Waals surface area contributed by atoms with Gasteiger partial charge in [-0.3, -0.25) is 0 Å². The number of hydrogen-bond acceptors (Lipinski definition) is 5. The second-order valence-electron chi connectivity index (χ2n) is 4.47. The van der Waals surface area contributed by atoms with Gasteiger partial charge in [-0.1, -0.05) is 11.6 Å². The van der Waals surface area contributed by atoms with Crippen LogP contribution in [0, 0.1) is 0 Å². The smallest absolute Gasteiger partial charge is 0.228 e. The number of halogens is 1. The van der Waals surface area contributed by atoms with Gasteiger partial charge in [0, 0.05) is 30.7 Å². The summed E-state index contributed by atoms with van der Waals surface area (Å²) in [6.07, 6.45) is 1.62. The van der Waals surface area contributed by atoms with E-state index in [1.54, 1.807) is 12.3 Å². The van der Waals surface area contributed by atoms with Gasteiger partial charge in [0.05, 0.1) is 13.2 Å². The summed E-state index contributed by atoms with van der Waals surface area (Å²) in [5.74, 6) is 0.497. The Hall–Kier alpha value is -1.85. The molecule has 0 bridgehead atoms. The number of ether oxygens (including phenoxy) is 1. The van der Waals surface area contributed by atoms with Crippen LogP contribution in [0.1, 0.15) is 0 Å². The van der Waals surface area contributed by atoms with Crippen LogP contribution in [0.5, 0.6) is 0 Å². The van der Waals surface area contributed by atoms with Gasteiger partial charge < -0.3 is 15.0 Å². The summed E-state index contributed by atoms with van der Waals surface area (Å²) in [7, 11) is 0. The number of rotatable bonds is 3. The second-order valence-corrected chi connectivity index (χ2v) is 4.86. The van der Waals surface area contributed by atoms with E-state index < -0.39 is 0 Å². The standard InChI is InChI=1S/C14H15ClN4O/c15-13-5-6-16-14(18-13)17-11-1-3-12(4-2-11)19-7-9-20-10-8-19/h1-6H,7-10H2,(H,16,17,18). The minimum Gasteiger partial charge on any atom is -0.378 e. The predicted octanol–water partition coefficient (Wildman–Crippen LogP) is 2.71. The average molecular weight is 291 g/mol. The van der Waals surface area contributed by atoms with E-state index in [0.29, 0.717) is 11.1 Å². The fourth-order valence-corrected chi connectivity index (χ4v) is 2.24. The van der Waals surface area contributed by atoms with Crippen molar-refractivity contribution >= 4 is 28.9 Å². The van der Waals surface area contributed by atoms with Crippen LogP contribution in [0.4, 0.5) is 17.3 Å². The Balaban J connectivity index is 1.69. The van der Waals surface area contributed by atoms with Gasteiger partial charge in [0.2, 0.25) is 5.95 Å². The first-order chi connectivity index (χ1) is 9.81. The number of hydrogen-bond donors (Lipinski definition) is 1. The molecule has 6 heteroatoms. The van der Waals surface area contributed by atoms with Crippen molar-refractivity contribution in [2.45, 2.75) is 0 Å². The Morgan fingerprint density at radius 1 is 1.10 bits per heavy atom. The van der Waals surface area contributed by atoms with Crippen molar-refractivity contribution < 1.29 is 4.74 Å². The number of benzene rings is 1. The summed E-state index contributed by atoms with van der Waals surface area (Å²) in [5, 5.41) is 3.55. The van der Waals surface area contributed by atoms with Crippen LogP contribution in [-0.4, -0.2) is 36.3 Å². The number of anilines is 3.